The molecule has 2 heteroatoms. The molecule has 2 rings (SSSR count). The largest absolute Gasteiger partial charge is 0.371 e. The van der Waals surface area contributed by atoms with Crippen molar-refractivity contribution >= 4 is 5.69 Å². The number of nitrogens with one attached hydrogen (secondary N) is 1. The molecule has 88 valence electrons. The molecule has 1 aliphatic rings. The van der Waals surface area contributed by atoms with Gasteiger partial charge in [-0.2, -0.15) is 0 Å². The van der Waals surface area contributed by atoms with Crippen molar-refractivity contribution in [3.8, 4) is 0 Å². The number of rotatable bonds is 4. The molecule has 1 aliphatic heterocycles. The predicted molar refractivity (Wildman–Crippen MR) is 69.8 cm³/mol. The monoisotopic (exact) mass is 218 g/mol. The van der Waals surface area contributed by atoms with Crippen LogP contribution in [0.4, 0.5) is 5.69 Å². The second-order valence-electron chi connectivity index (χ2n) is 5.21. The predicted octanol–water partition coefficient (Wildman–Crippen LogP) is 2.64. The van der Waals surface area contributed by atoms with Crippen molar-refractivity contribution in [2.45, 2.75) is 33.4 Å². The van der Waals surface area contributed by atoms with E-state index in [2.05, 4.69) is 55.3 Å². The molecule has 1 aromatic rings. The molecule has 0 amide bonds. The smallest absolute Gasteiger partial charge is 0.0366 e. The molecule has 0 spiro atoms. The summed E-state index contributed by atoms with van der Waals surface area (Å²) in [7, 11) is 0. The summed E-state index contributed by atoms with van der Waals surface area (Å²) in [6.45, 7) is 10.0. The van der Waals surface area contributed by atoms with Gasteiger partial charge in [0.25, 0.3) is 0 Å². The van der Waals surface area contributed by atoms with E-state index in [0.717, 1.165) is 12.5 Å². The van der Waals surface area contributed by atoms with E-state index in [1.165, 1.54) is 24.3 Å². The van der Waals surface area contributed by atoms with E-state index < -0.39 is 0 Å². The van der Waals surface area contributed by atoms with Crippen molar-refractivity contribution in [2.24, 2.45) is 5.92 Å². The molecule has 0 bridgehead atoms. The van der Waals surface area contributed by atoms with Crippen LogP contribution in [0.25, 0.3) is 0 Å². The van der Waals surface area contributed by atoms with Crippen LogP contribution >= 0.6 is 0 Å². The molecule has 1 heterocycles. The zero-order valence-corrected chi connectivity index (χ0v) is 10.5. The van der Waals surface area contributed by atoms with Gasteiger partial charge in [-0.25, -0.2) is 0 Å². The summed E-state index contributed by atoms with van der Waals surface area (Å²) in [6.07, 6.45) is 0. The molecule has 0 atom stereocenters. The number of nitrogens with zero attached hydrogens (tertiary/aromatic N) is 1. The van der Waals surface area contributed by atoms with Crippen LogP contribution in [-0.2, 0) is 6.54 Å². The average Bonchev–Trinajstić information content (AvgIpc) is 2.23. The van der Waals surface area contributed by atoms with Gasteiger partial charge in [-0.15, -0.1) is 0 Å². The molecule has 1 fully saturated rings. The molecule has 0 unspecified atom stereocenters. The quantitative estimate of drug-likeness (QED) is 0.836. The van der Waals surface area contributed by atoms with Crippen molar-refractivity contribution in [3.05, 3.63) is 29.8 Å². The molecular formula is C14H22N2. The lowest BCUT2D eigenvalue weighted by molar-refractivity contribution is 0.447. The minimum absolute atomic E-state index is 0.552. The summed E-state index contributed by atoms with van der Waals surface area (Å²) in [6, 6.07) is 9.49. The Hall–Kier alpha value is -1.02. The highest BCUT2D eigenvalue weighted by Crippen LogP contribution is 2.24. The Morgan fingerprint density at radius 2 is 1.88 bits per heavy atom. The third kappa shape index (κ3) is 2.76. The number of hydrogen-bond donors (Lipinski definition) is 1. The Labute approximate surface area is 98.7 Å². The second-order valence-corrected chi connectivity index (χ2v) is 5.21. The zero-order chi connectivity index (χ0) is 11.5. The summed E-state index contributed by atoms with van der Waals surface area (Å²) < 4.78 is 0. The number of anilines is 1. The van der Waals surface area contributed by atoms with Crippen LogP contribution in [0.5, 0.6) is 0 Å². The van der Waals surface area contributed by atoms with Gasteiger partial charge in [-0.1, -0.05) is 32.9 Å². The van der Waals surface area contributed by atoms with Crippen LogP contribution in [0.1, 0.15) is 26.3 Å². The van der Waals surface area contributed by atoms with Crippen molar-refractivity contribution in [3.63, 3.8) is 0 Å². The fourth-order valence-electron chi connectivity index (χ4n) is 2.06. The van der Waals surface area contributed by atoms with Gasteiger partial charge in [0.2, 0.25) is 0 Å². The van der Waals surface area contributed by atoms with Gasteiger partial charge in [0.05, 0.1) is 0 Å². The lowest BCUT2D eigenvalue weighted by Crippen LogP contribution is -2.45. The third-order valence-electron chi connectivity index (χ3n) is 3.08. The van der Waals surface area contributed by atoms with Gasteiger partial charge in [-0.3, -0.25) is 0 Å². The maximum Gasteiger partial charge on any atom is 0.0366 e. The lowest BCUT2D eigenvalue weighted by atomic mass is 10.0. The van der Waals surface area contributed by atoms with E-state index in [1.807, 2.05) is 0 Å². The van der Waals surface area contributed by atoms with E-state index in [9.17, 15) is 0 Å². The highest BCUT2D eigenvalue weighted by atomic mass is 15.2. The summed E-state index contributed by atoms with van der Waals surface area (Å²) in [5, 5.41) is 3.43. The summed E-state index contributed by atoms with van der Waals surface area (Å²) >= 11 is 0. The van der Waals surface area contributed by atoms with Crippen molar-refractivity contribution in [1.82, 2.24) is 5.32 Å². The van der Waals surface area contributed by atoms with Gasteiger partial charge in [0.15, 0.2) is 0 Å². The van der Waals surface area contributed by atoms with Gasteiger partial charge >= 0.3 is 0 Å². The van der Waals surface area contributed by atoms with E-state index in [4.69, 9.17) is 0 Å². The maximum absolute atomic E-state index is 3.43. The Morgan fingerprint density at radius 1 is 1.25 bits per heavy atom. The highest BCUT2D eigenvalue weighted by molar-refractivity contribution is 5.49. The van der Waals surface area contributed by atoms with Gasteiger partial charge < -0.3 is 10.2 Å². The standard InChI is InChI=1S/C14H22N2/c1-11(2)15-8-13-4-6-14(7-5-13)16-9-12(3)10-16/h4-7,11-12,15H,8-10H2,1-3H3. The zero-order valence-electron chi connectivity index (χ0n) is 10.5. The molecule has 0 radical (unpaired) electrons. The molecule has 1 N–H and O–H groups in total. The maximum atomic E-state index is 3.43. The molecule has 0 aromatic heterocycles. The highest BCUT2D eigenvalue weighted by Gasteiger charge is 2.22. The summed E-state index contributed by atoms with van der Waals surface area (Å²) in [4.78, 5) is 2.43. The third-order valence-corrected chi connectivity index (χ3v) is 3.08. The first-order valence-corrected chi connectivity index (χ1v) is 6.22. The Bertz CT molecular complexity index is 323. The molecule has 1 aromatic carbocycles. The normalized spacial score (nSPS) is 16.6. The van der Waals surface area contributed by atoms with Crippen LogP contribution in [0.2, 0.25) is 0 Å². The second kappa shape index (κ2) is 4.88. The first kappa shape index (κ1) is 11.5. The van der Waals surface area contributed by atoms with Crippen molar-refractivity contribution in [2.75, 3.05) is 18.0 Å². The Balaban J connectivity index is 1.89. The number of hydrogen-bond acceptors (Lipinski definition) is 2. The van der Waals surface area contributed by atoms with E-state index in [1.54, 1.807) is 0 Å². The summed E-state index contributed by atoms with van der Waals surface area (Å²) in [5.74, 6) is 0.863. The lowest BCUT2D eigenvalue weighted by Gasteiger charge is -2.39. The van der Waals surface area contributed by atoms with Crippen molar-refractivity contribution in [1.29, 1.82) is 0 Å². The van der Waals surface area contributed by atoms with Gasteiger partial charge in [0.1, 0.15) is 0 Å². The van der Waals surface area contributed by atoms with Gasteiger partial charge in [-0.05, 0) is 23.6 Å². The topological polar surface area (TPSA) is 15.3 Å². The first-order chi connectivity index (χ1) is 7.65. The molecule has 0 aliphatic carbocycles. The molecule has 16 heavy (non-hydrogen) atoms. The van der Waals surface area contributed by atoms with Gasteiger partial charge in [0, 0.05) is 31.4 Å². The van der Waals surface area contributed by atoms with Crippen molar-refractivity contribution < 1.29 is 0 Å². The minimum atomic E-state index is 0.552. The van der Waals surface area contributed by atoms with E-state index in [-0.39, 0.29) is 0 Å². The van der Waals surface area contributed by atoms with Crippen LogP contribution in [0.15, 0.2) is 24.3 Å². The average molecular weight is 218 g/mol. The van der Waals surface area contributed by atoms with Crippen LogP contribution in [-0.4, -0.2) is 19.1 Å². The van der Waals surface area contributed by atoms with Crippen LogP contribution < -0.4 is 10.2 Å². The molecule has 2 nitrogen and oxygen atoms in total. The SMILES string of the molecule is CC1CN(c2ccc(CNC(C)C)cc2)C1. The van der Waals surface area contributed by atoms with E-state index in [0.29, 0.717) is 6.04 Å². The first-order valence-electron chi connectivity index (χ1n) is 6.22. The Morgan fingerprint density at radius 3 is 2.38 bits per heavy atom. The van der Waals surface area contributed by atoms with Crippen LogP contribution in [0, 0.1) is 5.92 Å². The molecule has 0 saturated carbocycles. The fourth-order valence-corrected chi connectivity index (χ4v) is 2.06. The fraction of sp³-hybridized carbons (Fsp3) is 0.571. The number of benzene rings is 1. The summed E-state index contributed by atoms with van der Waals surface area (Å²) in [5.41, 5.74) is 2.73. The molecule has 1 saturated heterocycles. The van der Waals surface area contributed by atoms with E-state index >= 15 is 0 Å². The van der Waals surface area contributed by atoms with Crippen LogP contribution in [0.3, 0.4) is 0 Å². The Kier molecular flexibility index (Phi) is 3.49. The molecular weight excluding hydrogens is 196 g/mol. The minimum Gasteiger partial charge on any atom is -0.371 e.